The predicted octanol–water partition coefficient (Wildman–Crippen LogP) is 2.35. The zero-order valence-electron chi connectivity index (χ0n) is 14.4. The molecule has 7 nitrogen and oxygen atoms in total. The van der Waals surface area contributed by atoms with Gasteiger partial charge in [-0.05, 0) is 26.0 Å². The zero-order chi connectivity index (χ0) is 17.1. The van der Waals surface area contributed by atoms with E-state index in [-0.39, 0.29) is 0 Å². The number of aromatic nitrogens is 5. The van der Waals surface area contributed by atoms with Gasteiger partial charge in [0.25, 0.3) is 0 Å². The normalized spacial score (nSPS) is 10.7. The van der Waals surface area contributed by atoms with Crippen LogP contribution in [0.25, 0.3) is 5.82 Å². The minimum atomic E-state index is 0.634. The second-order valence-corrected chi connectivity index (χ2v) is 5.83. The minimum Gasteiger partial charge on any atom is -0.366 e. The molecule has 3 aromatic heterocycles. The molecule has 0 saturated heterocycles. The van der Waals surface area contributed by atoms with Crippen molar-refractivity contribution in [2.24, 2.45) is 0 Å². The van der Waals surface area contributed by atoms with E-state index < -0.39 is 0 Å². The summed E-state index contributed by atoms with van der Waals surface area (Å²) in [6, 6.07) is 7.91. The molecule has 0 radical (unpaired) electrons. The summed E-state index contributed by atoms with van der Waals surface area (Å²) in [5, 5.41) is 7.79. The number of hydrogen-bond donors (Lipinski definition) is 1. The lowest BCUT2D eigenvalue weighted by Gasteiger charge is -2.16. The van der Waals surface area contributed by atoms with Crippen molar-refractivity contribution in [3.63, 3.8) is 0 Å². The summed E-state index contributed by atoms with van der Waals surface area (Å²) in [6.45, 7) is 4.61. The van der Waals surface area contributed by atoms with E-state index in [2.05, 4.69) is 31.4 Å². The van der Waals surface area contributed by atoms with Crippen LogP contribution < -0.4 is 10.2 Å². The summed E-state index contributed by atoms with van der Waals surface area (Å²) in [6.07, 6.45) is 3.34. The van der Waals surface area contributed by atoms with E-state index in [1.165, 1.54) is 0 Å². The van der Waals surface area contributed by atoms with Crippen LogP contribution in [0.15, 0.2) is 36.8 Å². The van der Waals surface area contributed by atoms with Gasteiger partial charge in [0.05, 0.1) is 5.69 Å². The Morgan fingerprint density at radius 3 is 2.67 bits per heavy atom. The van der Waals surface area contributed by atoms with E-state index in [4.69, 9.17) is 0 Å². The summed E-state index contributed by atoms with van der Waals surface area (Å²) in [5.74, 6) is 2.44. The van der Waals surface area contributed by atoms with Crippen LogP contribution in [0.1, 0.15) is 17.0 Å². The molecule has 0 unspecified atom stereocenters. The summed E-state index contributed by atoms with van der Waals surface area (Å²) in [5.41, 5.74) is 3.11. The summed E-state index contributed by atoms with van der Waals surface area (Å²) >= 11 is 0. The van der Waals surface area contributed by atoms with Gasteiger partial charge in [0, 0.05) is 44.2 Å². The highest BCUT2D eigenvalue weighted by Gasteiger charge is 2.08. The molecule has 0 aliphatic rings. The standard InChI is InChI=1S/C17H21N7/c1-12-8-13(2)24(22-12)16-9-15(20-11-21-16)19-10-14-6-5-7-18-17(14)23(3)4/h5-9,11H,10H2,1-4H3,(H,19,20,21). The molecule has 0 saturated carbocycles. The Hall–Kier alpha value is -2.96. The summed E-state index contributed by atoms with van der Waals surface area (Å²) in [7, 11) is 3.97. The van der Waals surface area contributed by atoms with Crippen LogP contribution in [0, 0.1) is 13.8 Å². The van der Waals surface area contributed by atoms with Crippen LogP contribution in [-0.2, 0) is 6.54 Å². The van der Waals surface area contributed by atoms with Gasteiger partial charge in [-0.15, -0.1) is 0 Å². The van der Waals surface area contributed by atoms with Crippen molar-refractivity contribution in [1.82, 2.24) is 24.7 Å². The molecule has 0 amide bonds. The molecule has 124 valence electrons. The van der Waals surface area contributed by atoms with Crippen LogP contribution in [0.5, 0.6) is 0 Å². The average molecular weight is 323 g/mol. The lowest BCUT2D eigenvalue weighted by atomic mass is 10.2. The number of nitrogens with zero attached hydrogens (tertiary/aromatic N) is 6. The van der Waals surface area contributed by atoms with Gasteiger partial charge in [0.2, 0.25) is 0 Å². The van der Waals surface area contributed by atoms with Gasteiger partial charge < -0.3 is 10.2 Å². The maximum atomic E-state index is 4.46. The third kappa shape index (κ3) is 3.34. The lowest BCUT2D eigenvalue weighted by molar-refractivity contribution is 0.800. The topological polar surface area (TPSA) is 71.8 Å². The van der Waals surface area contributed by atoms with Crippen LogP contribution in [0.3, 0.4) is 0 Å². The van der Waals surface area contributed by atoms with Crippen LogP contribution in [0.2, 0.25) is 0 Å². The number of pyridine rings is 1. The van der Waals surface area contributed by atoms with Gasteiger partial charge in [-0.25, -0.2) is 19.6 Å². The molecule has 1 N–H and O–H groups in total. The fourth-order valence-corrected chi connectivity index (χ4v) is 2.58. The Kier molecular flexibility index (Phi) is 4.41. The molecule has 0 aliphatic heterocycles. The molecule has 3 rings (SSSR count). The third-order valence-corrected chi connectivity index (χ3v) is 3.63. The summed E-state index contributed by atoms with van der Waals surface area (Å²) < 4.78 is 1.82. The lowest BCUT2D eigenvalue weighted by Crippen LogP contribution is -2.15. The number of aryl methyl sites for hydroxylation is 2. The molecule has 0 bridgehead atoms. The van der Waals surface area contributed by atoms with Crippen LogP contribution in [-0.4, -0.2) is 38.8 Å². The van der Waals surface area contributed by atoms with E-state index >= 15 is 0 Å². The van der Waals surface area contributed by atoms with Crippen molar-refractivity contribution in [2.45, 2.75) is 20.4 Å². The zero-order valence-corrected chi connectivity index (χ0v) is 14.4. The fourth-order valence-electron chi connectivity index (χ4n) is 2.58. The van der Waals surface area contributed by atoms with Crippen molar-refractivity contribution in [3.8, 4) is 5.82 Å². The highest BCUT2D eigenvalue weighted by atomic mass is 15.3. The highest BCUT2D eigenvalue weighted by Crippen LogP contribution is 2.17. The third-order valence-electron chi connectivity index (χ3n) is 3.63. The molecule has 0 spiro atoms. The van der Waals surface area contributed by atoms with E-state index in [9.17, 15) is 0 Å². The summed E-state index contributed by atoms with van der Waals surface area (Å²) in [4.78, 5) is 15.0. The molecular weight excluding hydrogens is 302 g/mol. The molecule has 0 fully saturated rings. The van der Waals surface area contributed by atoms with Crippen LogP contribution in [0.4, 0.5) is 11.6 Å². The Balaban J connectivity index is 1.80. The second-order valence-electron chi connectivity index (χ2n) is 5.83. The fraction of sp³-hybridized carbons (Fsp3) is 0.294. The molecule has 0 aromatic carbocycles. The molecule has 7 heteroatoms. The molecule has 24 heavy (non-hydrogen) atoms. The van der Waals surface area contributed by atoms with E-state index in [0.717, 1.165) is 34.4 Å². The maximum absolute atomic E-state index is 4.46. The quantitative estimate of drug-likeness (QED) is 0.777. The van der Waals surface area contributed by atoms with Crippen molar-refractivity contribution in [1.29, 1.82) is 0 Å². The SMILES string of the molecule is Cc1cc(C)n(-c2cc(NCc3cccnc3N(C)C)ncn2)n1. The molecule has 3 heterocycles. The van der Waals surface area contributed by atoms with Crippen molar-refractivity contribution >= 4 is 11.6 Å². The first-order chi connectivity index (χ1) is 11.5. The number of rotatable bonds is 5. The second kappa shape index (κ2) is 6.66. The van der Waals surface area contributed by atoms with Gasteiger partial charge in [0.1, 0.15) is 18.0 Å². The molecule has 3 aromatic rings. The Morgan fingerprint density at radius 2 is 1.96 bits per heavy atom. The van der Waals surface area contributed by atoms with Gasteiger partial charge in [0.15, 0.2) is 5.82 Å². The smallest absolute Gasteiger partial charge is 0.159 e. The van der Waals surface area contributed by atoms with E-state index in [0.29, 0.717) is 6.54 Å². The highest BCUT2D eigenvalue weighted by molar-refractivity contribution is 5.48. The largest absolute Gasteiger partial charge is 0.366 e. The van der Waals surface area contributed by atoms with E-state index in [1.807, 2.05) is 55.7 Å². The first kappa shape index (κ1) is 15.9. The van der Waals surface area contributed by atoms with E-state index in [1.54, 1.807) is 12.5 Å². The predicted molar refractivity (Wildman–Crippen MR) is 94.5 cm³/mol. The van der Waals surface area contributed by atoms with Gasteiger partial charge in [-0.2, -0.15) is 5.10 Å². The average Bonchev–Trinajstić information content (AvgIpc) is 2.92. The van der Waals surface area contributed by atoms with Crippen molar-refractivity contribution in [2.75, 3.05) is 24.3 Å². The van der Waals surface area contributed by atoms with Crippen LogP contribution >= 0.6 is 0 Å². The number of hydrogen-bond acceptors (Lipinski definition) is 6. The van der Waals surface area contributed by atoms with Crippen molar-refractivity contribution < 1.29 is 0 Å². The Bertz CT molecular complexity index is 838. The molecule has 0 atom stereocenters. The number of anilines is 2. The van der Waals surface area contributed by atoms with Gasteiger partial charge >= 0.3 is 0 Å². The molecular formula is C17H21N7. The van der Waals surface area contributed by atoms with Gasteiger partial charge in [-0.3, -0.25) is 0 Å². The first-order valence-corrected chi connectivity index (χ1v) is 7.75. The Morgan fingerprint density at radius 1 is 1.12 bits per heavy atom. The monoisotopic (exact) mass is 323 g/mol. The molecule has 0 aliphatic carbocycles. The Labute approximate surface area is 141 Å². The van der Waals surface area contributed by atoms with Crippen molar-refractivity contribution in [3.05, 3.63) is 53.7 Å². The minimum absolute atomic E-state index is 0.634. The first-order valence-electron chi connectivity index (χ1n) is 7.75. The number of nitrogens with one attached hydrogen (secondary N) is 1. The van der Waals surface area contributed by atoms with Gasteiger partial charge in [-0.1, -0.05) is 6.07 Å². The maximum Gasteiger partial charge on any atom is 0.159 e.